The Labute approximate surface area is 97.3 Å². The largest absolute Gasteiger partial charge is 0.307 e. The van der Waals surface area contributed by atoms with Gasteiger partial charge in [-0.2, -0.15) is 0 Å². The second-order valence-corrected chi connectivity index (χ2v) is 3.07. The van der Waals surface area contributed by atoms with E-state index >= 15 is 0 Å². The Balaban J connectivity index is 2.73. The van der Waals surface area contributed by atoms with Gasteiger partial charge in [-0.15, -0.1) is 0 Å². The zero-order valence-corrected chi connectivity index (χ0v) is 8.85. The zero-order valence-electron chi connectivity index (χ0n) is 8.85. The maximum absolute atomic E-state index is 11.4. The number of carbonyl (C=O) groups excluding carboxylic acids is 2. The molecule has 0 aliphatic rings. The van der Waals surface area contributed by atoms with Gasteiger partial charge in [-0.3, -0.25) is 4.79 Å². The van der Waals surface area contributed by atoms with Crippen molar-refractivity contribution in [3.8, 4) is 0 Å². The van der Waals surface area contributed by atoms with Crippen molar-refractivity contribution in [2.24, 2.45) is 0 Å². The van der Waals surface area contributed by atoms with Crippen LogP contribution in [-0.2, 0) is 9.59 Å². The van der Waals surface area contributed by atoms with Crippen molar-refractivity contribution in [1.82, 2.24) is 5.01 Å². The van der Waals surface area contributed by atoms with Gasteiger partial charge in [0.15, 0.2) is 5.03 Å². The molecule has 0 aliphatic carbocycles. The third kappa shape index (κ3) is 3.86. The summed E-state index contributed by atoms with van der Waals surface area (Å²) in [7, 11) is 0. The third-order valence-electron chi connectivity index (χ3n) is 1.92. The van der Waals surface area contributed by atoms with Gasteiger partial charge in [0.05, 0.1) is 0 Å². The number of amides is 1. The number of hydrogen-bond acceptors (Lipinski definition) is 4. The fourth-order valence-electron chi connectivity index (χ4n) is 1.13. The highest BCUT2D eigenvalue weighted by molar-refractivity contribution is 5.91. The predicted octanol–water partition coefficient (Wildman–Crippen LogP) is 0.919. The Hall–Kier alpha value is -2.50. The number of carbonyl (C=O) groups is 2. The monoisotopic (exact) mass is 234 g/mol. The summed E-state index contributed by atoms with van der Waals surface area (Å²) in [6, 6.07) is 8.87. The van der Waals surface area contributed by atoms with Crippen LogP contribution in [0.25, 0.3) is 6.08 Å². The Morgan fingerprint density at radius 1 is 1.35 bits per heavy atom. The first-order valence-electron chi connectivity index (χ1n) is 4.77. The lowest BCUT2D eigenvalue weighted by molar-refractivity contribution is -0.630. The van der Waals surface area contributed by atoms with Crippen LogP contribution in [-0.4, -0.2) is 28.8 Å². The van der Waals surface area contributed by atoms with Gasteiger partial charge in [-0.25, -0.2) is 10.1 Å². The van der Waals surface area contributed by atoms with E-state index < -0.39 is 17.5 Å². The molecule has 1 aromatic rings. The average Bonchev–Trinajstić information content (AvgIpc) is 2.34. The van der Waals surface area contributed by atoms with Gasteiger partial charge in [0.25, 0.3) is 0 Å². The SMILES string of the molecule is O=CCN(C(=O)/C=C/c1ccccc1)[N+](=O)[O-]. The molecule has 1 aromatic carbocycles. The van der Waals surface area contributed by atoms with Crippen molar-refractivity contribution in [3.63, 3.8) is 0 Å². The number of benzene rings is 1. The number of nitrogens with zero attached hydrogens (tertiary/aromatic N) is 2. The van der Waals surface area contributed by atoms with Crippen LogP contribution in [0.1, 0.15) is 5.56 Å². The Morgan fingerprint density at radius 3 is 2.53 bits per heavy atom. The Morgan fingerprint density at radius 2 is 2.00 bits per heavy atom. The third-order valence-corrected chi connectivity index (χ3v) is 1.92. The van der Waals surface area contributed by atoms with Gasteiger partial charge in [0.1, 0.15) is 12.8 Å². The highest BCUT2D eigenvalue weighted by Crippen LogP contribution is 2.02. The summed E-state index contributed by atoms with van der Waals surface area (Å²) in [5.41, 5.74) is 0.746. The van der Waals surface area contributed by atoms with E-state index in [1.54, 1.807) is 24.3 Å². The number of nitro groups is 1. The molecule has 0 N–H and O–H groups in total. The van der Waals surface area contributed by atoms with Crippen LogP contribution >= 0.6 is 0 Å². The number of rotatable bonds is 5. The smallest absolute Gasteiger partial charge is 0.301 e. The van der Waals surface area contributed by atoms with E-state index in [2.05, 4.69) is 0 Å². The Kier molecular flexibility index (Phi) is 4.56. The first-order valence-corrected chi connectivity index (χ1v) is 4.77. The van der Waals surface area contributed by atoms with E-state index in [-0.39, 0.29) is 5.01 Å². The summed E-state index contributed by atoms with van der Waals surface area (Å²) in [5, 5.41) is 9.79. The minimum absolute atomic E-state index is 0.242. The summed E-state index contributed by atoms with van der Waals surface area (Å²) in [5.74, 6) is -0.842. The second-order valence-electron chi connectivity index (χ2n) is 3.07. The van der Waals surface area contributed by atoms with E-state index in [1.165, 1.54) is 6.08 Å². The van der Waals surface area contributed by atoms with Crippen LogP contribution < -0.4 is 0 Å². The quantitative estimate of drug-likeness (QED) is 0.328. The fourth-order valence-corrected chi connectivity index (χ4v) is 1.13. The van der Waals surface area contributed by atoms with Gasteiger partial charge >= 0.3 is 5.91 Å². The average molecular weight is 234 g/mol. The molecule has 17 heavy (non-hydrogen) atoms. The molecule has 0 aliphatic heterocycles. The van der Waals surface area contributed by atoms with Crippen molar-refractivity contribution >= 4 is 18.3 Å². The molecular weight excluding hydrogens is 224 g/mol. The van der Waals surface area contributed by atoms with Gasteiger partial charge in [0.2, 0.25) is 0 Å². The molecule has 6 nitrogen and oxygen atoms in total. The van der Waals surface area contributed by atoms with E-state index in [0.717, 1.165) is 11.6 Å². The van der Waals surface area contributed by atoms with Crippen LogP contribution in [0.15, 0.2) is 36.4 Å². The summed E-state index contributed by atoms with van der Waals surface area (Å²) >= 11 is 0. The molecule has 0 bridgehead atoms. The lowest BCUT2D eigenvalue weighted by Crippen LogP contribution is -2.36. The zero-order chi connectivity index (χ0) is 12.7. The standard InChI is InChI=1S/C11H10N2O4/c14-9-8-12(13(16)17)11(15)7-6-10-4-2-1-3-5-10/h1-7,9H,8H2/b7-6+. The molecular formula is C11H10N2O4. The predicted molar refractivity (Wildman–Crippen MR) is 60.2 cm³/mol. The molecule has 0 unspecified atom stereocenters. The molecule has 1 rings (SSSR count). The minimum Gasteiger partial charge on any atom is -0.301 e. The van der Waals surface area contributed by atoms with Crippen LogP contribution in [0.4, 0.5) is 0 Å². The van der Waals surface area contributed by atoms with Crippen molar-refractivity contribution in [2.45, 2.75) is 0 Å². The molecule has 0 aromatic heterocycles. The van der Waals surface area contributed by atoms with Gasteiger partial charge < -0.3 is 4.79 Å². The van der Waals surface area contributed by atoms with Crippen molar-refractivity contribution in [1.29, 1.82) is 0 Å². The van der Waals surface area contributed by atoms with Crippen LogP contribution in [0.5, 0.6) is 0 Å². The van der Waals surface area contributed by atoms with Crippen LogP contribution in [0.2, 0.25) is 0 Å². The fraction of sp³-hybridized carbons (Fsp3) is 0.0909. The maximum Gasteiger partial charge on any atom is 0.307 e. The van der Waals surface area contributed by atoms with E-state index in [4.69, 9.17) is 0 Å². The Bertz CT molecular complexity index is 442. The molecule has 0 atom stereocenters. The van der Waals surface area contributed by atoms with Crippen molar-refractivity contribution < 1.29 is 14.6 Å². The molecule has 0 heterocycles. The number of aldehydes is 1. The molecule has 0 radical (unpaired) electrons. The van der Waals surface area contributed by atoms with Crippen LogP contribution in [0.3, 0.4) is 0 Å². The first kappa shape index (κ1) is 12.6. The van der Waals surface area contributed by atoms with Crippen molar-refractivity contribution in [3.05, 3.63) is 52.1 Å². The molecule has 0 saturated heterocycles. The van der Waals surface area contributed by atoms with Gasteiger partial charge in [0, 0.05) is 6.08 Å². The minimum atomic E-state index is -0.911. The first-order chi connectivity index (χ1) is 8.15. The van der Waals surface area contributed by atoms with E-state index in [9.17, 15) is 19.7 Å². The second kappa shape index (κ2) is 6.16. The lowest BCUT2D eigenvalue weighted by atomic mass is 10.2. The summed E-state index contributed by atoms with van der Waals surface area (Å²) < 4.78 is 0. The van der Waals surface area contributed by atoms with Gasteiger partial charge in [-0.05, 0) is 16.6 Å². The normalized spacial score (nSPS) is 10.1. The highest BCUT2D eigenvalue weighted by atomic mass is 16.7. The molecule has 88 valence electrons. The summed E-state index contributed by atoms with van der Waals surface area (Å²) in [4.78, 5) is 32.0. The lowest BCUT2D eigenvalue weighted by Gasteiger charge is -2.05. The molecule has 0 spiro atoms. The van der Waals surface area contributed by atoms with E-state index in [1.807, 2.05) is 6.07 Å². The number of hydrazine groups is 1. The molecule has 0 saturated carbocycles. The highest BCUT2D eigenvalue weighted by Gasteiger charge is 2.20. The topological polar surface area (TPSA) is 80.5 Å². The summed E-state index contributed by atoms with van der Waals surface area (Å²) in [6.07, 6.45) is 2.81. The molecule has 0 fully saturated rings. The van der Waals surface area contributed by atoms with Crippen molar-refractivity contribution in [2.75, 3.05) is 6.54 Å². The molecule has 1 amide bonds. The number of hydrogen-bond donors (Lipinski definition) is 0. The maximum atomic E-state index is 11.4. The van der Waals surface area contributed by atoms with Crippen LogP contribution in [0, 0.1) is 10.1 Å². The molecule has 6 heteroatoms. The van der Waals surface area contributed by atoms with E-state index in [0.29, 0.717) is 6.29 Å². The van der Waals surface area contributed by atoms with Gasteiger partial charge in [-0.1, -0.05) is 30.3 Å². The summed E-state index contributed by atoms with van der Waals surface area (Å²) in [6.45, 7) is -0.565.